The van der Waals surface area contributed by atoms with E-state index in [9.17, 15) is 14.7 Å². The molecule has 2 unspecified atom stereocenters. The number of carbonyl (C=O) groups is 2. The molecule has 1 N–H and O–H groups in total. The van der Waals surface area contributed by atoms with Crippen LogP contribution in [0, 0.1) is 50.7 Å². The van der Waals surface area contributed by atoms with Crippen molar-refractivity contribution >= 4 is 23.5 Å². The Morgan fingerprint density at radius 2 is 1.62 bits per heavy atom. The Hall–Kier alpha value is -1.29. The second-order valence-corrected chi connectivity index (χ2v) is 15.1. The summed E-state index contributed by atoms with van der Waals surface area (Å²) in [5.41, 5.74) is 1.56. The van der Waals surface area contributed by atoms with Gasteiger partial charge in [0.15, 0.2) is 0 Å². The monoisotopic (exact) mass is 530 g/mol. The van der Waals surface area contributed by atoms with E-state index in [1.165, 1.54) is 31.8 Å². The summed E-state index contributed by atoms with van der Waals surface area (Å²) in [5.74, 6) is 0.453. The Labute approximate surface area is 228 Å². The second kappa shape index (κ2) is 8.35. The molecule has 206 valence electrons. The van der Waals surface area contributed by atoms with E-state index in [1.807, 2.05) is 6.92 Å². The van der Waals surface area contributed by atoms with Crippen molar-refractivity contribution in [1.82, 2.24) is 0 Å². The van der Waals surface area contributed by atoms with E-state index in [2.05, 4.69) is 47.6 Å². The van der Waals surface area contributed by atoms with Crippen LogP contribution in [0.4, 0.5) is 0 Å². The fraction of sp³-hybridized carbons (Fsp3) is 0.812. The minimum absolute atomic E-state index is 0.0105. The number of carboxylic acid groups (broad SMARTS) is 1. The number of allylic oxidation sites excluding steroid dienone is 4. The van der Waals surface area contributed by atoms with Gasteiger partial charge in [0.25, 0.3) is 0 Å². The first-order valence-electron chi connectivity index (χ1n) is 14.6. The maximum atomic E-state index is 12.9. The van der Waals surface area contributed by atoms with Crippen LogP contribution in [0.5, 0.6) is 0 Å². The van der Waals surface area contributed by atoms with E-state index in [0.717, 1.165) is 30.7 Å². The standard InChI is InChI=1S/C32H47ClO4/c1-18-9-12-28(4)15-16-30(6)21(25(28)19(18)2)17-22(33)26-29(5)13-11-24(37-20(3)34)32(8,27(35)36)23(29)10-14-31(26,30)7/h17-19,23-25H,9-16H2,1-8H3,(H,35,36)/t18-,19+,23?,24-,25?,28-,29+,30-,31-,32-/m1/s1. The van der Waals surface area contributed by atoms with Gasteiger partial charge in [0.1, 0.15) is 11.5 Å². The third-order valence-electron chi connectivity index (χ3n) is 13.2. The molecule has 4 fully saturated rings. The van der Waals surface area contributed by atoms with Crippen molar-refractivity contribution in [2.24, 2.45) is 50.7 Å². The number of ether oxygens (including phenoxy) is 1. The van der Waals surface area contributed by atoms with Gasteiger partial charge in [-0.3, -0.25) is 9.59 Å². The molecular formula is C32H47ClO4. The average Bonchev–Trinajstić information content (AvgIpc) is 2.79. The highest BCUT2D eigenvalue weighted by molar-refractivity contribution is 6.32. The van der Waals surface area contributed by atoms with Crippen LogP contribution in [-0.4, -0.2) is 23.1 Å². The maximum absolute atomic E-state index is 12.9. The summed E-state index contributed by atoms with van der Waals surface area (Å²) in [4.78, 5) is 24.8. The number of hydrogen-bond donors (Lipinski definition) is 1. The van der Waals surface area contributed by atoms with Gasteiger partial charge in [-0.1, -0.05) is 58.7 Å². The molecule has 4 saturated carbocycles. The highest BCUT2D eigenvalue weighted by atomic mass is 35.5. The predicted molar refractivity (Wildman–Crippen MR) is 147 cm³/mol. The van der Waals surface area contributed by atoms with Crippen molar-refractivity contribution in [2.45, 2.75) is 113 Å². The quantitative estimate of drug-likeness (QED) is 0.366. The fourth-order valence-corrected chi connectivity index (χ4v) is 11.1. The summed E-state index contributed by atoms with van der Waals surface area (Å²) >= 11 is 7.40. The van der Waals surface area contributed by atoms with Gasteiger partial charge in [0, 0.05) is 12.0 Å². The zero-order chi connectivity index (χ0) is 27.3. The van der Waals surface area contributed by atoms with E-state index >= 15 is 0 Å². The second-order valence-electron chi connectivity index (χ2n) is 14.7. The van der Waals surface area contributed by atoms with Gasteiger partial charge < -0.3 is 9.84 Å². The summed E-state index contributed by atoms with van der Waals surface area (Å²) in [7, 11) is 0. The van der Waals surface area contributed by atoms with Crippen LogP contribution in [0.25, 0.3) is 0 Å². The summed E-state index contributed by atoms with van der Waals surface area (Å²) in [6.07, 6.45) is 9.77. The van der Waals surface area contributed by atoms with Crippen LogP contribution in [0.1, 0.15) is 107 Å². The van der Waals surface area contributed by atoms with Crippen molar-refractivity contribution in [1.29, 1.82) is 0 Å². The van der Waals surface area contributed by atoms with E-state index in [4.69, 9.17) is 16.3 Å². The molecule has 4 nitrogen and oxygen atoms in total. The van der Waals surface area contributed by atoms with Gasteiger partial charge in [-0.05, 0) is 115 Å². The first kappa shape index (κ1) is 27.3. The number of fused-ring (bicyclic) bond motifs is 7. The van der Waals surface area contributed by atoms with Crippen LogP contribution < -0.4 is 0 Å². The van der Waals surface area contributed by atoms with Crippen LogP contribution >= 0.6 is 11.6 Å². The van der Waals surface area contributed by atoms with Crippen LogP contribution in [0.15, 0.2) is 22.3 Å². The van der Waals surface area contributed by atoms with E-state index in [1.54, 1.807) is 5.57 Å². The van der Waals surface area contributed by atoms with Crippen molar-refractivity contribution in [2.75, 3.05) is 0 Å². The van der Waals surface area contributed by atoms with Gasteiger partial charge in [0.2, 0.25) is 0 Å². The normalized spacial score (nSPS) is 51.2. The zero-order valence-corrected chi connectivity index (χ0v) is 24.9. The molecule has 0 aromatic carbocycles. The zero-order valence-electron chi connectivity index (χ0n) is 24.2. The fourth-order valence-electron chi connectivity index (χ4n) is 10.6. The number of carbonyl (C=O) groups excluding carboxylic acids is 1. The highest BCUT2D eigenvalue weighted by Crippen LogP contribution is 2.75. The SMILES string of the molecule is CC(=O)O[C@@H]1CC[C@]2(C)C3=C(Cl)C=C4C5[C@@H](C)[C@H](C)CC[C@]5(C)CC[C@@]4(C)[C@]3(C)CCC2[C@@]1(C)C(=O)O. The average molecular weight is 531 g/mol. The number of esters is 1. The lowest BCUT2D eigenvalue weighted by Gasteiger charge is -2.69. The summed E-state index contributed by atoms with van der Waals surface area (Å²) < 4.78 is 5.67. The number of aliphatic carboxylic acids is 1. The Balaban J connectivity index is 1.67. The minimum atomic E-state index is -1.15. The lowest BCUT2D eigenvalue weighted by molar-refractivity contribution is -0.192. The Morgan fingerprint density at radius 1 is 0.946 bits per heavy atom. The van der Waals surface area contributed by atoms with Crippen molar-refractivity contribution in [3.05, 3.63) is 22.3 Å². The Morgan fingerprint density at radius 3 is 2.24 bits per heavy atom. The number of hydrogen-bond acceptors (Lipinski definition) is 3. The first-order chi connectivity index (χ1) is 17.1. The van der Waals surface area contributed by atoms with Crippen molar-refractivity contribution in [3.8, 4) is 0 Å². The third-order valence-corrected chi connectivity index (χ3v) is 13.5. The summed E-state index contributed by atoms with van der Waals surface area (Å²) in [5, 5.41) is 11.4. The molecule has 37 heavy (non-hydrogen) atoms. The molecule has 0 heterocycles. The molecule has 5 aliphatic rings. The lowest BCUT2D eigenvalue weighted by atomic mass is 9.35. The lowest BCUT2D eigenvalue weighted by Crippen LogP contribution is -2.63. The van der Waals surface area contributed by atoms with Gasteiger partial charge in [0.05, 0.1) is 0 Å². The van der Waals surface area contributed by atoms with E-state index in [0.29, 0.717) is 29.6 Å². The van der Waals surface area contributed by atoms with Gasteiger partial charge in [-0.15, -0.1) is 0 Å². The molecule has 0 aromatic rings. The molecule has 0 amide bonds. The molecule has 0 aromatic heterocycles. The predicted octanol–water partition coefficient (Wildman–Crippen LogP) is 8.15. The molecule has 5 rings (SSSR count). The Kier molecular flexibility index (Phi) is 6.16. The van der Waals surface area contributed by atoms with E-state index in [-0.39, 0.29) is 22.2 Å². The molecule has 0 aliphatic heterocycles. The maximum Gasteiger partial charge on any atom is 0.313 e. The first-order valence-corrected chi connectivity index (χ1v) is 15.0. The molecule has 10 atom stereocenters. The van der Waals surface area contributed by atoms with Crippen LogP contribution in [0.2, 0.25) is 0 Å². The number of carboxylic acids is 1. The summed E-state index contributed by atoms with van der Waals surface area (Å²) in [6.45, 7) is 17.8. The third kappa shape index (κ3) is 3.39. The van der Waals surface area contributed by atoms with E-state index < -0.39 is 23.5 Å². The topological polar surface area (TPSA) is 63.6 Å². The minimum Gasteiger partial charge on any atom is -0.481 e. The molecule has 0 saturated heterocycles. The molecule has 0 spiro atoms. The largest absolute Gasteiger partial charge is 0.481 e. The van der Waals surface area contributed by atoms with Crippen molar-refractivity contribution < 1.29 is 19.4 Å². The van der Waals surface area contributed by atoms with Gasteiger partial charge >= 0.3 is 11.9 Å². The molecule has 0 bridgehead atoms. The molecule has 0 radical (unpaired) electrons. The van der Waals surface area contributed by atoms with Crippen LogP contribution in [0.3, 0.4) is 0 Å². The van der Waals surface area contributed by atoms with Crippen LogP contribution in [-0.2, 0) is 14.3 Å². The molecular weight excluding hydrogens is 484 g/mol. The number of halogens is 1. The number of rotatable bonds is 2. The summed E-state index contributed by atoms with van der Waals surface area (Å²) in [6, 6.07) is 0. The molecule has 5 heteroatoms. The highest BCUT2D eigenvalue weighted by Gasteiger charge is 2.69. The molecule has 5 aliphatic carbocycles. The van der Waals surface area contributed by atoms with Crippen molar-refractivity contribution in [3.63, 3.8) is 0 Å². The smallest absolute Gasteiger partial charge is 0.313 e. The van der Waals surface area contributed by atoms with Gasteiger partial charge in [-0.2, -0.15) is 0 Å². The Bertz CT molecular complexity index is 1090. The van der Waals surface area contributed by atoms with Gasteiger partial charge in [-0.25, -0.2) is 0 Å².